The van der Waals surface area contributed by atoms with Crippen molar-refractivity contribution in [2.75, 3.05) is 26.2 Å². The van der Waals surface area contributed by atoms with Crippen LogP contribution < -0.4 is 0 Å². The van der Waals surface area contributed by atoms with E-state index in [2.05, 4.69) is 30.2 Å². The molecule has 1 aliphatic heterocycles. The van der Waals surface area contributed by atoms with Crippen LogP contribution in [0.4, 0.5) is 17.3 Å². The van der Waals surface area contributed by atoms with E-state index in [1.807, 2.05) is 0 Å². The van der Waals surface area contributed by atoms with E-state index >= 15 is 0 Å². The Bertz CT molecular complexity index is 234. The second kappa shape index (κ2) is 6.76. The molecule has 1 aliphatic rings. The van der Waals surface area contributed by atoms with E-state index in [-0.39, 0.29) is 0 Å². The van der Waals surface area contributed by atoms with Crippen LogP contribution >= 0.6 is 0 Å². The summed E-state index contributed by atoms with van der Waals surface area (Å²) < 4.78 is 41.5. The minimum atomic E-state index is -6.00. The van der Waals surface area contributed by atoms with Gasteiger partial charge in [0.05, 0.1) is 13.1 Å². The van der Waals surface area contributed by atoms with Crippen molar-refractivity contribution in [2.24, 2.45) is 0 Å². The van der Waals surface area contributed by atoms with E-state index in [4.69, 9.17) is 0 Å². The molecule has 0 aliphatic carbocycles. The molecule has 0 aromatic rings. The first-order chi connectivity index (χ1) is 7.33. The first kappa shape index (κ1) is 15.3. The third-order valence-corrected chi connectivity index (χ3v) is 2.45. The van der Waals surface area contributed by atoms with E-state index < -0.39 is 7.25 Å². The zero-order valence-corrected chi connectivity index (χ0v) is 10.0. The molecule has 0 fully saturated rings. The van der Waals surface area contributed by atoms with Gasteiger partial charge in [-0.2, -0.15) is 0 Å². The molecule has 0 amide bonds. The summed E-state index contributed by atoms with van der Waals surface area (Å²) in [7, 11) is -6.00. The molecule has 1 heterocycles. The van der Waals surface area contributed by atoms with Gasteiger partial charge >= 0.3 is 7.25 Å². The SMILES string of the molecule is CCC1=[N+](CC)CCN1CC.F[B-](F)(F)F. The first-order valence-corrected chi connectivity index (χ1v) is 5.56. The lowest BCUT2D eigenvalue weighted by Crippen LogP contribution is -2.28. The molecule has 16 heavy (non-hydrogen) atoms. The molecule has 0 aromatic carbocycles. The van der Waals surface area contributed by atoms with Gasteiger partial charge in [-0.15, -0.1) is 0 Å². The third-order valence-electron chi connectivity index (χ3n) is 2.45. The van der Waals surface area contributed by atoms with Gasteiger partial charge in [-0.1, -0.05) is 6.92 Å². The quantitative estimate of drug-likeness (QED) is 0.418. The van der Waals surface area contributed by atoms with Crippen LogP contribution in [0.15, 0.2) is 0 Å². The van der Waals surface area contributed by atoms with Crippen molar-refractivity contribution < 1.29 is 21.8 Å². The van der Waals surface area contributed by atoms with Crippen molar-refractivity contribution >= 4 is 13.1 Å². The number of rotatable bonds is 3. The Morgan fingerprint density at radius 2 is 1.69 bits per heavy atom. The number of nitrogens with zero attached hydrogens (tertiary/aromatic N) is 2. The smallest absolute Gasteiger partial charge is 0.418 e. The largest absolute Gasteiger partial charge is 0.673 e. The van der Waals surface area contributed by atoms with Crippen LogP contribution in [-0.4, -0.2) is 48.7 Å². The number of hydrogen-bond donors (Lipinski definition) is 0. The molecule has 1 rings (SSSR count). The van der Waals surface area contributed by atoms with Crippen molar-refractivity contribution in [3.8, 4) is 0 Å². The highest BCUT2D eigenvalue weighted by atomic mass is 19.5. The summed E-state index contributed by atoms with van der Waals surface area (Å²) in [6, 6.07) is 0. The topological polar surface area (TPSA) is 6.25 Å². The highest BCUT2D eigenvalue weighted by Crippen LogP contribution is 2.06. The van der Waals surface area contributed by atoms with E-state index in [9.17, 15) is 17.3 Å². The molecule has 0 spiro atoms. The van der Waals surface area contributed by atoms with E-state index in [1.54, 1.807) is 0 Å². The van der Waals surface area contributed by atoms with Crippen LogP contribution in [0.1, 0.15) is 27.2 Å². The summed E-state index contributed by atoms with van der Waals surface area (Å²) in [5, 5.41) is 0. The van der Waals surface area contributed by atoms with Crippen LogP contribution in [0.2, 0.25) is 0 Å². The zero-order valence-electron chi connectivity index (χ0n) is 10.0. The summed E-state index contributed by atoms with van der Waals surface area (Å²) >= 11 is 0. The van der Waals surface area contributed by atoms with E-state index in [0.29, 0.717) is 0 Å². The monoisotopic (exact) mass is 242 g/mol. The van der Waals surface area contributed by atoms with Crippen molar-refractivity contribution in [1.29, 1.82) is 0 Å². The van der Waals surface area contributed by atoms with Gasteiger partial charge in [0.15, 0.2) is 0 Å². The summed E-state index contributed by atoms with van der Waals surface area (Å²) in [6.45, 7) is 11.5. The van der Waals surface area contributed by atoms with Gasteiger partial charge in [-0.05, 0) is 13.8 Å². The molecular formula is C9H19BF4N2. The molecular weight excluding hydrogens is 223 g/mol. The molecule has 96 valence electrons. The highest BCUT2D eigenvalue weighted by molar-refractivity contribution is 6.50. The lowest BCUT2D eigenvalue weighted by Gasteiger charge is -2.08. The van der Waals surface area contributed by atoms with Crippen molar-refractivity contribution in [2.45, 2.75) is 27.2 Å². The Labute approximate surface area is 94.0 Å². The average Bonchev–Trinajstić information content (AvgIpc) is 2.56. The molecule has 0 N–H and O–H groups in total. The molecule has 0 radical (unpaired) electrons. The summed E-state index contributed by atoms with van der Waals surface area (Å²) in [5.74, 6) is 1.54. The van der Waals surface area contributed by atoms with Gasteiger partial charge in [-0.3, -0.25) is 9.48 Å². The highest BCUT2D eigenvalue weighted by Gasteiger charge is 2.25. The number of likely N-dealkylation sites (N-methyl/N-ethyl adjacent to an activating group) is 2. The van der Waals surface area contributed by atoms with Crippen molar-refractivity contribution in [3.05, 3.63) is 0 Å². The molecule has 0 saturated carbocycles. The zero-order chi connectivity index (χ0) is 12.8. The van der Waals surface area contributed by atoms with Gasteiger partial charge in [0.2, 0.25) is 5.84 Å². The van der Waals surface area contributed by atoms with Crippen LogP contribution in [-0.2, 0) is 0 Å². The maximum absolute atomic E-state index is 9.75. The Kier molecular flexibility index (Phi) is 6.44. The second-order valence-electron chi connectivity index (χ2n) is 3.42. The first-order valence-electron chi connectivity index (χ1n) is 5.56. The molecule has 0 bridgehead atoms. The molecule has 0 saturated heterocycles. The summed E-state index contributed by atoms with van der Waals surface area (Å²) in [4.78, 5) is 2.48. The normalized spacial score (nSPS) is 16.3. The van der Waals surface area contributed by atoms with Crippen LogP contribution in [0.3, 0.4) is 0 Å². The van der Waals surface area contributed by atoms with Gasteiger partial charge in [0, 0.05) is 6.42 Å². The maximum atomic E-state index is 9.75. The third kappa shape index (κ3) is 5.97. The minimum absolute atomic E-state index is 1.17. The van der Waals surface area contributed by atoms with Crippen LogP contribution in [0.5, 0.6) is 0 Å². The predicted octanol–water partition coefficient (Wildman–Crippen LogP) is 2.46. The fraction of sp³-hybridized carbons (Fsp3) is 0.889. The average molecular weight is 242 g/mol. The van der Waals surface area contributed by atoms with Crippen molar-refractivity contribution in [3.63, 3.8) is 0 Å². The minimum Gasteiger partial charge on any atom is -0.418 e. The van der Waals surface area contributed by atoms with E-state index in [1.165, 1.54) is 38.4 Å². The fourth-order valence-corrected chi connectivity index (χ4v) is 1.83. The summed E-state index contributed by atoms with van der Waals surface area (Å²) in [6.07, 6.45) is 1.18. The molecule has 2 nitrogen and oxygen atoms in total. The fourth-order valence-electron chi connectivity index (χ4n) is 1.83. The lowest BCUT2D eigenvalue weighted by atomic mass is 10.3. The number of amidine groups is 1. The number of hydrogen-bond acceptors (Lipinski definition) is 1. The molecule has 0 aromatic heterocycles. The van der Waals surface area contributed by atoms with Gasteiger partial charge < -0.3 is 17.3 Å². The van der Waals surface area contributed by atoms with Gasteiger partial charge in [0.1, 0.15) is 13.1 Å². The van der Waals surface area contributed by atoms with Crippen molar-refractivity contribution in [1.82, 2.24) is 4.90 Å². The lowest BCUT2D eigenvalue weighted by molar-refractivity contribution is -0.515. The molecule has 7 heteroatoms. The Morgan fingerprint density at radius 3 is 2.00 bits per heavy atom. The van der Waals surface area contributed by atoms with E-state index in [0.717, 1.165) is 0 Å². The Hall–Kier alpha value is -0.745. The molecule has 0 unspecified atom stereocenters. The van der Waals surface area contributed by atoms with Crippen LogP contribution in [0, 0.1) is 0 Å². The number of halogens is 4. The van der Waals surface area contributed by atoms with Gasteiger partial charge in [0.25, 0.3) is 0 Å². The predicted molar refractivity (Wildman–Crippen MR) is 58.4 cm³/mol. The Balaban J connectivity index is 0.000000385. The van der Waals surface area contributed by atoms with Crippen LogP contribution in [0.25, 0.3) is 0 Å². The van der Waals surface area contributed by atoms with Gasteiger partial charge in [-0.25, -0.2) is 0 Å². The second-order valence-corrected chi connectivity index (χ2v) is 3.42. The Morgan fingerprint density at radius 1 is 1.19 bits per heavy atom. The maximum Gasteiger partial charge on any atom is 0.673 e. The standard InChI is InChI=1S/C9H19N2.BF4/c1-4-9-10(5-2)7-8-11(9)6-3;2-1(3,4)5/h4-8H2,1-3H3;/q+1;-1. The molecule has 0 atom stereocenters. The summed E-state index contributed by atoms with van der Waals surface area (Å²) in [5.41, 5.74) is 0.